The topological polar surface area (TPSA) is 4.93 Å². The highest BCUT2D eigenvalue weighted by Crippen LogP contribution is 2.63. The van der Waals surface area contributed by atoms with Crippen molar-refractivity contribution in [3.63, 3.8) is 0 Å². The second-order valence-electron chi connectivity index (χ2n) is 13.6. The molecule has 3 heteroatoms. The molecule has 0 amide bonds. The average Bonchev–Trinajstić information content (AvgIpc) is 3.56. The van der Waals surface area contributed by atoms with Gasteiger partial charge in [-0.1, -0.05) is 163 Å². The van der Waals surface area contributed by atoms with Crippen LogP contribution in [0.4, 0.5) is 0 Å². The Labute approximate surface area is 311 Å². The summed E-state index contributed by atoms with van der Waals surface area (Å²) in [7, 11) is 0. The van der Waals surface area contributed by atoms with Crippen LogP contribution in [0.3, 0.4) is 0 Å². The Morgan fingerprint density at radius 2 is 0.962 bits per heavy atom. The molecule has 0 aliphatic carbocycles. The third-order valence-electron chi connectivity index (χ3n) is 10.9. The fraction of sp³-hybridized carbons (Fsp3) is 0.0204. The zero-order valence-corrected chi connectivity index (χ0v) is 29.8. The molecular weight excluding hydrogens is 667 g/mol. The van der Waals surface area contributed by atoms with Gasteiger partial charge < -0.3 is 4.57 Å². The first-order chi connectivity index (χ1) is 25.8. The van der Waals surface area contributed by atoms with Gasteiger partial charge in [0.15, 0.2) is 0 Å². The lowest BCUT2D eigenvalue weighted by atomic mass is 9.62. The first kappa shape index (κ1) is 29.9. The highest BCUT2D eigenvalue weighted by molar-refractivity contribution is 8.00. The summed E-state index contributed by atoms with van der Waals surface area (Å²) in [4.78, 5) is 5.22. The fourth-order valence-electron chi connectivity index (χ4n) is 8.84. The Bertz CT molecular complexity index is 2810. The fourth-order valence-corrected chi connectivity index (χ4v) is 11.2. The van der Waals surface area contributed by atoms with Gasteiger partial charge in [0.1, 0.15) is 0 Å². The number of aromatic nitrogens is 1. The minimum absolute atomic E-state index is 0.554. The van der Waals surface area contributed by atoms with Crippen molar-refractivity contribution < 1.29 is 0 Å². The van der Waals surface area contributed by atoms with Crippen molar-refractivity contribution in [2.75, 3.05) is 0 Å². The summed E-state index contributed by atoms with van der Waals surface area (Å²) in [6.45, 7) is 0. The smallest absolute Gasteiger partial charge is 0.0751 e. The summed E-state index contributed by atoms with van der Waals surface area (Å²) in [5.74, 6) is 0. The lowest BCUT2D eigenvalue weighted by molar-refractivity contribution is 0.669. The van der Waals surface area contributed by atoms with Crippen molar-refractivity contribution in [1.82, 2.24) is 4.57 Å². The van der Waals surface area contributed by atoms with Crippen LogP contribution in [0.2, 0.25) is 0 Å². The molecule has 1 nitrogen and oxygen atoms in total. The Hall–Kier alpha value is -5.74. The number of fused-ring (bicyclic) bond motifs is 11. The van der Waals surface area contributed by atoms with Gasteiger partial charge in [-0.05, 0) is 87.5 Å². The monoisotopic (exact) mass is 697 g/mol. The van der Waals surface area contributed by atoms with E-state index < -0.39 is 5.41 Å². The van der Waals surface area contributed by atoms with Gasteiger partial charge >= 0.3 is 0 Å². The second kappa shape index (κ2) is 11.6. The summed E-state index contributed by atoms with van der Waals surface area (Å²) in [5.41, 5.74) is 13.4. The maximum atomic E-state index is 2.49. The summed E-state index contributed by atoms with van der Waals surface area (Å²) in [6.07, 6.45) is 0. The predicted octanol–water partition coefficient (Wildman–Crippen LogP) is 13.4. The first-order valence-corrected chi connectivity index (χ1v) is 19.4. The first-order valence-electron chi connectivity index (χ1n) is 17.8. The van der Waals surface area contributed by atoms with E-state index in [1.54, 1.807) is 0 Å². The molecule has 0 bridgehead atoms. The molecule has 0 radical (unpaired) electrons. The molecule has 1 aromatic heterocycles. The number of para-hydroxylation sites is 3. The molecule has 0 saturated carbocycles. The van der Waals surface area contributed by atoms with E-state index in [1.807, 2.05) is 23.5 Å². The maximum absolute atomic E-state index is 2.49. The summed E-state index contributed by atoms with van der Waals surface area (Å²) >= 11 is 3.81. The molecule has 0 atom stereocenters. The Balaban J connectivity index is 1.31. The van der Waals surface area contributed by atoms with Crippen molar-refractivity contribution in [2.45, 2.75) is 25.0 Å². The van der Waals surface area contributed by atoms with E-state index in [9.17, 15) is 0 Å². The molecule has 244 valence electrons. The molecule has 0 unspecified atom stereocenters. The van der Waals surface area contributed by atoms with Crippen molar-refractivity contribution >= 4 is 45.3 Å². The van der Waals surface area contributed by atoms with Gasteiger partial charge in [-0.2, -0.15) is 0 Å². The zero-order chi connectivity index (χ0) is 34.2. The normalized spacial score (nSPS) is 13.8. The Morgan fingerprint density at radius 1 is 0.385 bits per heavy atom. The molecule has 0 fully saturated rings. The molecule has 1 spiro atoms. The van der Waals surface area contributed by atoms with Gasteiger partial charge in [0.25, 0.3) is 0 Å². The Kier molecular flexibility index (Phi) is 6.70. The molecule has 3 heterocycles. The number of nitrogens with zero attached hydrogens (tertiary/aromatic N) is 1. The SMILES string of the molecule is c1ccc(-c2ccc3c(c2)C2(c4ccccc4Sc4ccccc42)c2c(cccc2-c2cccc4c5ccccc5n(-c5ccccc5)c24)S3)cc1. The minimum Gasteiger partial charge on any atom is -0.309 e. The van der Waals surface area contributed by atoms with E-state index in [4.69, 9.17) is 0 Å². The molecule has 11 rings (SSSR count). The maximum Gasteiger partial charge on any atom is 0.0751 e. The van der Waals surface area contributed by atoms with Crippen LogP contribution in [-0.4, -0.2) is 4.57 Å². The largest absolute Gasteiger partial charge is 0.309 e. The van der Waals surface area contributed by atoms with Gasteiger partial charge in [-0.25, -0.2) is 0 Å². The molecule has 52 heavy (non-hydrogen) atoms. The van der Waals surface area contributed by atoms with Crippen LogP contribution >= 0.6 is 23.5 Å². The molecule has 2 aliphatic rings. The van der Waals surface area contributed by atoms with Crippen LogP contribution in [-0.2, 0) is 5.41 Å². The molecular formula is C49H31NS2. The third-order valence-corrected chi connectivity index (χ3v) is 13.2. The number of benzene rings is 8. The average molecular weight is 698 g/mol. The van der Waals surface area contributed by atoms with Crippen LogP contribution in [0.15, 0.2) is 208 Å². The van der Waals surface area contributed by atoms with E-state index in [1.165, 1.54) is 85.9 Å². The Morgan fingerprint density at radius 3 is 1.75 bits per heavy atom. The quantitative estimate of drug-likeness (QED) is 0.181. The molecule has 2 aliphatic heterocycles. The van der Waals surface area contributed by atoms with Gasteiger partial charge in [0, 0.05) is 41.6 Å². The van der Waals surface area contributed by atoms with E-state index in [0.29, 0.717) is 0 Å². The zero-order valence-electron chi connectivity index (χ0n) is 28.2. The molecule has 9 aromatic rings. The van der Waals surface area contributed by atoms with Crippen molar-refractivity contribution in [1.29, 1.82) is 0 Å². The van der Waals surface area contributed by atoms with Gasteiger partial charge in [-0.3, -0.25) is 0 Å². The summed E-state index contributed by atoms with van der Waals surface area (Å²) in [6, 6.07) is 69.8. The van der Waals surface area contributed by atoms with E-state index in [0.717, 1.165) is 5.69 Å². The van der Waals surface area contributed by atoms with E-state index >= 15 is 0 Å². The van der Waals surface area contributed by atoms with Crippen LogP contribution in [0, 0.1) is 0 Å². The van der Waals surface area contributed by atoms with Crippen LogP contribution in [0.5, 0.6) is 0 Å². The molecule has 8 aromatic carbocycles. The van der Waals surface area contributed by atoms with Gasteiger partial charge in [0.2, 0.25) is 0 Å². The molecule has 0 N–H and O–H groups in total. The van der Waals surface area contributed by atoms with Crippen LogP contribution in [0.25, 0.3) is 49.7 Å². The van der Waals surface area contributed by atoms with Crippen LogP contribution in [0.1, 0.15) is 22.3 Å². The van der Waals surface area contributed by atoms with E-state index in [-0.39, 0.29) is 0 Å². The predicted molar refractivity (Wildman–Crippen MR) is 218 cm³/mol. The highest BCUT2D eigenvalue weighted by atomic mass is 32.2. The summed E-state index contributed by atoms with van der Waals surface area (Å²) in [5, 5.41) is 2.53. The van der Waals surface area contributed by atoms with E-state index in [2.05, 4.69) is 193 Å². The highest BCUT2D eigenvalue weighted by Gasteiger charge is 2.50. The van der Waals surface area contributed by atoms with Gasteiger partial charge in [-0.15, -0.1) is 0 Å². The second-order valence-corrected chi connectivity index (χ2v) is 15.8. The van der Waals surface area contributed by atoms with Crippen molar-refractivity contribution in [2.24, 2.45) is 0 Å². The third kappa shape index (κ3) is 4.21. The lowest BCUT2D eigenvalue weighted by Crippen LogP contribution is -2.37. The minimum atomic E-state index is -0.554. The van der Waals surface area contributed by atoms with Crippen molar-refractivity contribution in [3.8, 4) is 27.9 Å². The molecule has 0 saturated heterocycles. The summed E-state index contributed by atoms with van der Waals surface area (Å²) < 4.78 is 2.47. The van der Waals surface area contributed by atoms with Crippen molar-refractivity contribution in [3.05, 3.63) is 210 Å². The number of hydrogen-bond donors (Lipinski definition) is 0. The van der Waals surface area contributed by atoms with Gasteiger partial charge in [0.05, 0.1) is 16.4 Å². The standard InChI is InChI=1S/C49H31NS2/c1-3-15-32(16-4-1)33-29-30-45-41(31-33)49(39-23-8-11-26-43(39)51-44-27-12-9-24-40(44)49)47-36(20-14-28-46(47)52-45)38-22-13-21-37-35-19-7-10-25-42(35)50(48(37)38)34-17-5-2-6-18-34/h1-31H. The lowest BCUT2D eigenvalue weighted by Gasteiger charge is -2.46. The number of rotatable bonds is 3. The van der Waals surface area contributed by atoms with Crippen LogP contribution < -0.4 is 0 Å². The number of hydrogen-bond acceptors (Lipinski definition) is 2.